The molecule has 0 radical (unpaired) electrons. The molecule has 2 amide bonds. The number of rotatable bonds is 5. The molecular weight excluding hydrogens is 542 g/mol. The molecule has 3 atom stereocenters. The number of aryl methyl sites for hydroxylation is 1. The summed E-state index contributed by atoms with van der Waals surface area (Å²) < 4.78 is 9.40. The van der Waals surface area contributed by atoms with Crippen LogP contribution in [0, 0.1) is 18.8 Å². The monoisotopic (exact) mass is 575 g/mol. The maximum absolute atomic E-state index is 13.7. The fraction of sp³-hybridized carbons (Fsp3) is 0.500. The van der Waals surface area contributed by atoms with Crippen molar-refractivity contribution in [2.45, 2.75) is 77.6 Å². The number of hydrogen-bond acceptors (Lipinski definition) is 6. The molecule has 11 heteroatoms. The molecule has 0 spiro atoms. The van der Waals surface area contributed by atoms with Crippen molar-refractivity contribution in [1.29, 1.82) is 0 Å². The number of nitrogens with one attached hydrogen (secondary N) is 1. The van der Waals surface area contributed by atoms with Crippen LogP contribution < -0.4 is 5.32 Å². The number of nitrogens with zero attached hydrogens (tertiary/aromatic N) is 6. The number of pyridine rings is 1. The molecule has 0 aromatic carbocycles. The van der Waals surface area contributed by atoms with Crippen LogP contribution in [0.5, 0.6) is 0 Å². The van der Waals surface area contributed by atoms with Gasteiger partial charge in [0, 0.05) is 36.4 Å². The largest absolute Gasteiger partial charge is 0.444 e. The van der Waals surface area contributed by atoms with Crippen LogP contribution in [-0.4, -0.2) is 65.3 Å². The molecule has 1 N–H and O–H groups in total. The lowest BCUT2D eigenvalue weighted by Crippen LogP contribution is -2.46. The SMILES string of the molecule is Cc1c(-c2cc3ccc(Cl)nc3n2CC2CC2)nn2cc(C(=O)N3CC4CCC3[C@@H]4NC(=O)OC(C)(C)C)cnc12. The van der Waals surface area contributed by atoms with Crippen LogP contribution in [0.3, 0.4) is 0 Å². The van der Waals surface area contributed by atoms with Crippen molar-refractivity contribution in [2.24, 2.45) is 11.8 Å². The van der Waals surface area contributed by atoms with E-state index in [4.69, 9.17) is 21.4 Å². The first kappa shape index (κ1) is 26.3. The average molecular weight is 576 g/mol. The van der Waals surface area contributed by atoms with Gasteiger partial charge in [-0.3, -0.25) is 4.79 Å². The van der Waals surface area contributed by atoms with Crippen molar-refractivity contribution < 1.29 is 14.3 Å². The Morgan fingerprint density at radius 3 is 2.71 bits per heavy atom. The molecule has 7 rings (SSSR count). The van der Waals surface area contributed by atoms with E-state index in [0.29, 0.717) is 28.8 Å². The Morgan fingerprint density at radius 2 is 1.95 bits per heavy atom. The van der Waals surface area contributed by atoms with Crippen molar-refractivity contribution in [3.8, 4) is 11.4 Å². The minimum atomic E-state index is -0.575. The Hall–Kier alpha value is -3.66. The second-order valence-corrected chi connectivity index (χ2v) is 13.1. The predicted octanol–water partition coefficient (Wildman–Crippen LogP) is 5.25. The maximum Gasteiger partial charge on any atom is 0.407 e. The maximum atomic E-state index is 13.7. The Balaban J connectivity index is 1.18. The Labute approximate surface area is 243 Å². The summed E-state index contributed by atoms with van der Waals surface area (Å²) in [6, 6.07) is 5.74. The molecule has 4 aromatic heterocycles. The van der Waals surface area contributed by atoms with E-state index in [1.54, 1.807) is 16.9 Å². The molecule has 2 saturated carbocycles. The molecule has 2 bridgehead atoms. The number of halogens is 1. The summed E-state index contributed by atoms with van der Waals surface area (Å²) in [5, 5.41) is 9.43. The van der Waals surface area contributed by atoms with Crippen molar-refractivity contribution in [2.75, 3.05) is 6.54 Å². The van der Waals surface area contributed by atoms with Gasteiger partial charge in [0.1, 0.15) is 22.1 Å². The number of piperidine rings is 1. The Kier molecular flexibility index (Phi) is 6.04. The van der Waals surface area contributed by atoms with Crippen LogP contribution in [0.2, 0.25) is 5.15 Å². The number of carbonyl (C=O) groups excluding carboxylic acids is 2. The van der Waals surface area contributed by atoms with E-state index >= 15 is 0 Å². The summed E-state index contributed by atoms with van der Waals surface area (Å²) in [5.41, 5.74) is 4.20. The number of ether oxygens (including phenoxy) is 1. The molecule has 10 nitrogen and oxygen atoms in total. The van der Waals surface area contributed by atoms with E-state index in [2.05, 4.69) is 25.9 Å². The highest BCUT2D eigenvalue weighted by atomic mass is 35.5. The van der Waals surface area contributed by atoms with Gasteiger partial charge in [-0.05, 0) is 83.4 Å². The summed E-state index contributed by atoms with van der Waals surface area (Å²) in [6.07, 6.45) is 7.22. The number of aromatic nitrogens is 5. The third kappa shape index (κ3) is 4.71. The minimum Gasteiger partial charge on any atom is -0.444 e. The number of carbonyl (C=O) groups is 2. The van der Waals surface area contributed by atoms with Gasteiger partial charge in [0.05, 0.1) is 23.3 Å². The second-order valence-electron chi connectivity index (χ2n) is 12.7. The standard InChI is InChI=1S/C30H34ClN7O3/c1-16-24(22-11-18-8-10-23(31)33-27(18)36(22)13-17-5-6-17)35-38-15-20(12-32-26(16)38)28(39)37-14-19-7-9-21(37)25(19)34-29(40)41-30(2,3)4/h8,10-12,15,17,19,21,25H,5-7,9,13-14H2,1-4H3,(H,34,40)/t19?,21?,25-/m1/s1. The summed E-state index contributed by atoms with van der Waals surface area (Å²) in [5.74, 6) is 0.746. The van der Waals surface area contributed by atoms with Crippen LogP contribution in [0.25, 0.3) is 28.1 Å². The van der Waals surface area contributed by atoms with Gasteiger partial charge < -0.3 is 19.5 Å². The van der Waals surface area contributed by atoms with Gasteiger partial charge in [-0.25, -0.2) is 19.3 Å². The molecule has 3 fully saturated rings. The predicted molar refractivity (Wildman–Crippen MR) is 155 cm³/mol. The van der Waals surface area contributed by atoms with E-state index in [-0.39, 0.29) is 23.9 Å². The van der Waals surface area contributed by atoms with Crippen molar-refractivity contribution in [3.63, 3.8) is 0 Å². The van der Waals surface area contributed by atoms with Gasteiger partial charge in [-0.1, -0.05) is 11.6 Å². The number of fused-ring (bicyclic) bond motifs is 4. The quantitative estimate of drug-likeness (QED) is 0.326. The van der Waals surface area contributed by atoms with Crippen molar-refractivity contribution in [3.05, 3.63) is 46.9 Å². The van der Waals surface area contributed by atoms with Gasteiger partial charge in [0.15, 0.2) is 5.65 Å². The summed E-state index contributed by atoms with van der Waals surface area (Å²) >= 11 is 6.26. The van der Waals surface area contributed by atoms with Gasteiger partial charge in [-0.15, -0.1) is 0 Å². The lowest BCUT2D eigenvalue weighted by molar-refractivity contribution is 0.0485. The molecular formula is C30H34ClN7O3. The zero-order valence-electron chi connectivity index (χ0n) is 23.7. The van der Waals surface area contributed by atoms with E-state index < -0.39 is 11.7 Å². The fourth-order valence-corrected chi connectivity index (χ4v) is 6.65. The Bertz CT molecular complexity index is 1700. The molecule has 1 aliphatic heterocycles. The summed E-state index contributed by atoms with van der Waals surface area (Å²) in [7, 11) is 0. The highest BCUT2D eigenvalue weighted by molar-refractivity contribution is 6.29. The lowest BCUT2D eigenvalue weighted by atomic mass is 10.1. The zero-order chi connectivity index (χ0) is 28.6. The average Bonchev–Trinajstić information content (AvgIpc) is 3.28. The van der Waals surface area contributed by atoms with Gasteiger partial charge >= 0.3 is 6.09 Å². The molecule has 2 aliphatic carbocycles. The smallest absolute Gasteiger partial charge is 0.407 e. The first-order valence-corrected chi connectivity index (χ1v) is 14.7. The normalized spacial score (nSPS) is 22.2. The molecule has 4 aromatic rings. The fourth-order valence-electron chi connectivity index (χ4n) is 6.50. The minimum absolute atomic E-state index is 0.0666. The molecule has 214 valence electrons. The van der Waals surface area contributed by atoms with Crippen LogP contribution in [0.4, 0.5) is 4.79 Å². The van der Waals surface area contributed by atoms with Crippen molar-refractivity contribution >= 4 is 40.3 Å². The third-order valence-corrected chi connectivity index (χ3v) is 8.78. The summed E-state index contributed by atoms with van der Waals surface area (Å²) in [4.78, 5) is 37.4. The highest BCUT2D eigenvalue weighted by Gasteiger charge is 2.50. The van der Waals surface area contributed by atoms with Gasteiger partial charge in [0.25, 0.3) is 5.91 Å². The van der Waals surface area contributed by atoms with Crippen LogP contribution in [0.1, 0.15) is 62.4 Å². The van der Waals surface area contributed by atoms with Crippen LogP contribution >= 0.6 is 11.6 Å². The Morgan fingerprint density at radius 1 is 1.15 bits per heavy atom. The summed E-state index contributed by atoms with van der Waals surface area (Å²) in [6.45, 7) is 9.01. The van der Waals surface area contributed by atoms with E-state index in [1.807, 2.05) is 44.7 Å². The van der Waals surface area contributed by atoms with E-state index in [1.165, 1.54) is 12.8 Å². The number of hydrogen-bond donors (Lipinski definition) is 1. The molecule has 1 saturated heterocycles. The number of likely N-dealkylation sites (tertiary alicyclic amines) is 1. The van der Waals surface area contributed by atoms with Crippen LogP contribution in [0.15, 0.2) is 30.6 Å². The van der Waals surface area contributed by atoms with E-state index in [9.17, 15) is 9.59 Å². The molecule has 5 heterocycles. The number of amides is 2. The first-order chi connectivity index (χ1) is 19.6. The second kappa shape index (κ2) is 9.44. The van der Waals surface area contributed by atoms with E-state index in [0.717, 1.165) is 47.4 Å². The number of alkyl carbamates (subject to hydrolysis) is 1. The lowest BCUT2D eigenvalue weighted by Gasteiger charge is -2.28. The van der Waals surface area contributed by atoms with Crippen molar-refractivity contribution in [1.82, 2.24) is 34.4 Å². The first-order valence-electron chi connectivity index (χ1n) is 14.4. The van der Waals surface area contributed by atoms with Gasteiger partial charge in [-0.2, -0.15) is 5.10 Å². The third-order valence-electron chi connectivity index (χ3n) is 8.57. The highest BCUT2D eigenvalue weighted by Crippen LogP contribution is 2.39. The van der Waals surface area contributed by atoms with Crippen LogP contribution in [-0.2, 0) is 11.3 Å². The molecule has 41 heavy (non-hydrogen) atoms. The molecule has 2 unspecified atom stereocenters. The van der Waals surface area contributed by atoms with Gasteiger partial charge in [0.2, 0.25) is 0 Å². The molecule has 3 aliphatic rings. The zero-order valence-corrected chi connectivity index (χ0v) is 24.5. The topological polar surface area (TPSA) is 107 Å².